The van der Waals surface area contributed by atoms with Gasteiger partial charge in [-0.3, -0.25) is 4.79 Å². The Balaban J connectivity index is 1.79. The predicted octanol–water partition coefficient (Wildman–Crippen LogP) is 1.52. The molecule has 6 heteroatoms. The van der Waals surface area contributed by atoms with Gasteiger partial charge in [-0.15, -0.1) is 5.10 Å². The third kappa shape index (κ3) is 2.23. The van der Waals surface area contributed by atoms with Crippen molar-refractivity contribution >= 4 is 5.91 Å². The van der Waals surface area contributed by atoms with E-state index in [2.05, 4.69) is 20.8 Å². The minimum absolute atomic E-state index is 0.00294. The van der Waals surface area contributed by atoms with Crippen LogP contribution in [0.5, 0.6) is 0 Å². The molecule has 6 nitrogen and oxygen atoms in total. The molecule has 1 saturated carbocycles. The second-order valence-electron chi connectivity index (χ2n) is 5.29. The standard InChI is InChI=1S/C12H19N5O/c18-11-8-4-7-10(13-11)12-14-15-16-17(12)9-5-2-1-3-6-9/h9-10H,1-8H2,(H,13,18)/t10-/m1/s1. The molecule has 1 aliphatic carbocycles. The molecule has 3 rings (SSSR count). The summed E-state index contributed by atoms with van der Waals surface area (Å²) >= 11 is 0. The molecule has 1 aromatic heterocycles. The fourth-order valence-electron chi connectivity index (χ4n) is 3.01. The summed E-state index contributed by atoms with van der Waals surface area (Å²) in [5.41, 5.74) is 0. The first kappa shape index (κ1) is 11.6. The number of piperidine rings is 1. The lowest BCUT2D eigenvalue weighted by Gasteiger charge is -2.26. The molecule has 0 radical (unpaired) electrons. The Morgan fingerprint density at radius 3 is 2.72 bits per heavy atom. The zero-order valence-corrected chi connectivity index (χ0v) is 10.5. The van der Waals surface area contributed by atoms with Crippen LogP contribution in [-0.2, 0) is 4.79 Å². The van der Waals surface area contributed by atoms with Crippen LogP contribution in [0.2, 0.25) is 0 Å². The normalized spacial score (nSPS) is 26.0. The Hall–Kier alpha value is -1.46. The number of rotatable bonds is 2. The highest BCUT2D eigenvalue weighted by Crippen LogP contribution is 2.30. The van der Waals surface area contributed by atoms with Crippen LogP contribution in [0.15, 0.2) is 0 Å². The van der Waals surface area contributed by atoms with Gasteiger partial charge in [-0.25, -0.2) is 4.68 Å². The fourth-order valence-corrected chi connectivity index (χ4v) is 3.01. The molecular formula is C12H19N5O. The van der Waals surface area contributed by atoms with Crippen molar-refractivity contribution in [2.45, 2.75) is 63.5 Å². The van der Waals surface area contributed by atoms with Crippen LogP contribution < -0.4 is 5.32 Å². The SMILES string of the molecule is O=C1CCC[C@H](c2nnnn2C2CCCCC2)N1. The van der Waals surface area contributed by atoms with Crippen LogP contribution in [0, 0.1) is 0 Å². The number of carbonyl (C=O) groups is 1. The van der Waals surface area contributed by atoms with Crippen molar-refractivity contribution in [1.29, 1.82) is 0 Å². The Morgan fingerprint density at radius 2 is 1.94 bits per heavy atom. The maximum atomic E-state index is 11.5. The molecule has 0 aromatic carbocycles. The molecule has 1 atom stereocenters. The molecule has 1 amide bonds. The Morgan fingerprint density at radius 1 is 1.11 bits per heavy atom. The van der Waals surface area contributed by atoms with Crippen LogP contribution in [0.1, 0.15) is 69.3 Å². The number of amides is 1. The van der Waals surface area contributed by atoms with Gasteiger partial charge in [0.1, 0.15) is 0 Å². The van der Waals surface area contributed by atoms with Gasteiger partial charge in [-0.2, -0.15) is 0 Å². The van der Waals surface area contributed by atoms with E-state index in [1.54, 1.807) is 0 Å². The quantitative estimate of drug-likeness (QED) is 0.862. The second-order valence-corrected chi connectivity index (χ2v) is 5.29. The number of hydrogen-bond donors (Lipinski definition) is 1. The molecule has 2 aliphatic rings. The van der Waals surface area contributed by atoms with Crippen LogP contribution in [0.4, 0.5) is 0 Å². The summed E-state index contributed by atoms with van der Waals surface area (Å²) < 4.78 is 1.95. The molecule has 0 bridgehead atoms. The van der Waals surface area contributed by atoms with E-state index in [4.69, 9.17) is 0 Å². The molecule has 1 saturated heterocycles. The highest BCUT2D eigenvalue weighted by atomic mass is 16.1. The van der Waals surface area contributed by atoms with Crippen molar-refractivity contribution in [3.05, 3.63) is 5.82 Å². The molecule has 1 N–H and O–H groups in total. The van der Waals surface area contributed by atoms with Crippen molar-refractivity contribution in [1.82, 2.24) is 25.5 Å². The highest BCUT2D eigenvalue weighted by Gasteiger charge is 2.28. The summed E-state index contributed by atoms with van der Waals surface area (Å²) in [6.07, 6.45) is 8.61. The lowest BCUT2D eigenvalue weighted by molar-refractivity contribution is -0.123. The fraction of sp³-hybridized carbons (Fsp3) is 0.833. The van der Waals surface area contributed by atoms with E-state index in [9.17, 15) is 4.79 Å². The summed E-state index contributed by atoms with van der Waals surface area (Å²) in [5, 5.41) is 15.1. The average molecular weight is 249 g/mol. The Bertz CT molecular complexity index is 424. The van der Waals surface area contributed by atoms with E-state index in [0.29, 0.717) is 12.5 Å². The Labute approximate surface area is 106 Å². The summed E-state index contributed by atoms with van der Waals surface area (Å²) in [7, 11) is 0. The van der Waals surface area contributed by atoms with Crippen molar-refractivity contribution in [3.8, 4) is 0 Å². The number of aromatic nitrogens is 4. The van der Waals surface area contributed by atoms with Crippen molar-refractivity contribution in [2.24, 2.45) is 0 Å². The molecule has 1 aromatic rings. The van der Waals surface area contributed by atoms with Gasteiger partial charge < -0.3 is 5.32 Å². The van der Waals surface area contributed by atoms with Crippen LogP contribution in [0.3, 0.4) is 0 Å². The minimum atomic E-state index is 0.00294. The van der Waals surface area contributed by atoms with Crippen LogP contribution >= 0.6 is 0 Å². The number of nitrogens with zero attached hydrogens (tertiary/aromatic N) is 4. The number of tetrazole rings is 1. The third-order valence-corrected chi connectivity index (χ3v) is 3.98. The van der Waals surface area contributed by atoms with Crippen molar-refractivity contribution < 1.29 is 4.79 Å². The van der Waals surface area contributed by atoms with Gasteiger partial charge in [0.2, 0.25) is 5.91 Å². The minimum Gasteiger partial charge on any atom is -0.346 e. The lowest BCUT2D eigenvalue weighted by atomic mass is 9.95. The number of carbonyl (C=O) groups excluding carboxylic acids is 1. The van der Waals surface area contributed by atoms with Gasteiger partial charge in [0.15, 0.2) is 5.82 Å². The van der Waals surface area contributed by atoms with Crippen molar-refractivity contribution in [2.75, 3.05) is 0 Å². The third-order valence-electron chi connectivity index (χ3n) is 3.98. The summed E-state index contributed by atoms with van der Waals surface area (Å²) in [6.45, 7) is 0. The van der Waals surface area contributed by atoms with Gasteiger partial charge in [0, 0.05) is 6.42 Å². The first-order valence-electron chi connectivity index (χ1n) is 6.92. The van der Waals surface area contributed by atoms with Crippen LogP contribution in [-0.4, -0.2) is 26.1 Å². The summed E-state index contributed by atoms with van der Waals surface area (Å²) in [5.74, 6) is 0.958. The van der Waals surface area contributed by atoms with E-state index < -0.39 is 0 Å². The molecule has 0 unspecified atom stereocenters. The van der Waals surface area contributed by atoms with E-state index in [0.717, 1.165) is 31.5 Å². The summed E-state index contributed by atoms with van der Waals surface area (Å²) in [6, 6.07) is 0.422. The number of hydrogen-bond acceptors (Lipinski definition) is 4. The topological polar surface area (TPSA) is 72.7 Å². The Kier molecular flexibility index (Phi) is 3.25. The van der Waals surface area contributed by atoms with E-state index in [-0.39, 0.29) is 11.9 Å². The smallest absolute Gasteiger partial charge is 0.220 e. The molecule has 0 spiro atoms. The first-order chi connectivity index (χ1) is 8.84. The lowest BCUT2D eigenvalue weighted by Crippen LogP contribution is -2.35. The maximum absolute atomic E-state index is 11.5. The van der Waals surface area contributed by atoms with E-state index in [1.165, 1.54) is 19.3 Å². The monoisotopic (exact) mass is 249 g/mol. The van der Waals surface area contributed by atoms with Gasteiger partial charge in [0.25, 0.3) is 0 Å². The molecule has 2 heterocycles. The molecule has 18 heavy (non-hydrogen) atoms. The summed E-state index contributed by atoms with van der Waals surface area (Å²) in [4.78, 5) is 11.5. The predicted molar refractivity (Wildman–Crippen MR) is 64.7 cm³/mol. The van der Waals surface area contributed by atoms with E-state index >= 15 is 0 Å². The molecular weight excluding hydrogens is 230 g/mol. The molecule has 2 fully saturated rings. The molecule has 98 valence electrons. The average Bonchev–Trinajstić information content (AvgIpc) is 2.89. The van der Waals surface area contributed by atoms with Crippen LogP contribution in [0.25, 0.3) is 0 Å². The zero-order valence-electron chi connectivity index (χ0n) is 10.5. The van der Waals surface area contributed by atoms with E-state index in [1.807, 2.05) is 4.68 Å². The highest BCUT2D eigenvalue weighted by molar-refractivity contribution is 5.77. The second kappa shape index (κ2) is 5.04. The molecule has 1 aliphatic heterocycles. The van der Waals surface area contributed by atoms with Gasteiger partial charge in [-0.05, 0) is 36.1 Å². The maximum Gasteiger partial charge on any atom is 0.220 e. The van der Waals surface area contributed by atoms with Gasteiger partial charge >= 0.3 is 0 Å². The largest absolute Gasteiger partial charge is 0.346 e. The number of nitrogens with one attached hydrogen (secondary N) is 1. The first-order valence-corrected chi connectivity index (χ1v) is 6.92. The van der Waals surface area contributed by atoms with Crippen molar-refractivity contribution in [3.63, 3.8) is 0 Å². The van der Waals surface area contributed by atoms with Gasteiger partial charge in [-0.1, -0.05) is 19.3 Å². The van der Waals surface area contributed by atoms with Gasteiger partial charge in [0.05, 0.1) is 12.1 Å². The zero-order chi connectivity index (χ0) is 12.4.